The van der Waals surface area contributed by atoms with Crippen molar-refractivity contribution in [1.29, 1.82) is 0 Å². The lowest BCUT2D eigenvalue weighted by Crippen LogP contribution is -2.50. The molecule has 1 atom stereocenters. The highest BCUT2D eigenvalue weighted by Crippen LogP contribution is 2.37. The van der Waals surface area contributed by atoms with Crippen LogP contribution >= 0.6 is 34.8 Å². The number of hydrogen-bond donors (Lipinski definition) is 0. The lowest BCUT2D eigenvalue weighted by Gasteiger charge is -2.43. The molecule has 1 saturated heterocycles. The molecule has 1 amide bonds. The number of anilines is 1. The van der Waals surface area contributed by atoms with Crippen LogP contribution in [0, 0.1) is 6.92 Å². The van der Waals surface area contributed by atoms with E-state index < -0.39 is 0 Å². The maximum atomic E-state index is 13.2. The van der Waals surface area contributed by atoms with Crippen molar-refractivity contribution >= 4 is 46.4 Å². The molecule has 0 aliphatic carbocycles. The van der Waals surface area contributed by atoms with Crippen molar-refractivity contribution in [3.63, 3.8) is 0 Å². The van der Waals surface area contributed by atoms with Crippen molar-refractivity contribution in [2.45, 2.75) is 13.0 Å². The van der Waals surface area contributed by atoms with Crippen LogP contribution in [0.3, 0.4) is 0 Å². The molecule has 30 heavy (non-hydrogen) atoms. The topological polar surface area (TPSA) is 36.4 Å². The fourth-order valence-electron chi connectivity index (χ4n) is 3.82. The van der Waals surface area contributed by atoms with Gasteiger partial charge in [-0.1, -0.05) is 46.9 Å². The SMILES string of the molecule is Cc1ncccc1C(=O)N1CCN(c2ccc(Cl)cc2Cl)C(c2ccc(Cl)cc2)C1. The summed E-state index contributed by atoms with van der Waals surface area (Å²) in [5.74, 6) is -0.0126. The number of aromatic nitrogens is 1. The Kier molecular flexibility index (Phi) is 6.19. The summed E-state index contributed by atoms with van der Waals surface area (Å²) in [7, 11) is 0. The number of carbonyl (C=O) groups is 1. The number of carbonyl (C=O) groups excluding carboxylic acids is 1. The maximum absolute atomic E-state index is 13.2. The number of amides is 1. The quantitative estimate of drug-likeness (QED) is 0.477. The number of aryl methyl sites for hydroxylation is 1. The summed E-state index contributed by atoms with van der Waals surface area (Å²) in [6.45, 7) is 3.59. The van der Waals surface area contributed by atoms with Crippen molar-refractivity contribution in [3.05, 3.63) is 92.7 Å². The van der Waals surface area contributed by atoms with Crippen LogP contribution in [0.15, 0.2) is 60.8 Å². The molecular weight excluding hydrogens is 441 g/mol. The molecule has 0 bridgehead atoms. The van der Waals surface area contributed by atoms with Crippen LogP contribution in [0.1, 0.15) is 27.7 Å². The number of hydrogen-bond acceptors (Lipinski definition) is 3. The Morgan fingerprint density at radius 1 is 1.00 bits per heavy atom. The zero-order chi connectivity index (χ0) is 21.3. The molecule has 1 aromatic heterocycles. The van der Waals surface area contributed by atoms with Gasteiger partial charge < -0.3 is 9.80 Å². The molecule has 0 N–H and O–H groups in total. The Balaban J connectivity index is 1.69. The molecule has 154 valence electrons. The molecule has 2 heterocycles. The first-order valence-electron chi connectivity index (χ1n) is 9.62. The van der Waals surface area contributed by atoms with Gasteiger partial charge in [0.05, 0.1) is 22.3 Å². The largest absolute Gasteiger partial charge is 0.360 e. The van der Waals surface area contributed by atoms with Crippen molar-refractivity contribution in [3.8, 4) is 0 Å². The summed E-state index contributed by atoms with van der Waals surface area (Å²) < 4.78 is 0. The molecule has 1 aliphatic heterocycles. The molecule has 1 unspecified atom stereocenters. The Morgan fingerprint density at radius 2 is 1.73 bits per heavy atom. The molecule has 3 aromatic rings. The average molecular weight is 461 g/mol. The maximum Gasteiger partial charge on any atom is 0.255 e. The summed E-state index contributed by atoms with van der Waals surface area (Å²) in [5.41, 5.74) is 3.32. The van der Waals surface area contributed by atoms with E-state index in [9.17, 15) is 4.79 Å². The van der Waals surface area contributed by atoms with Gasteiger partial charge in [-0.05, 0) is 55.0 Å². The number of benzene rings is 2. The first kappa shape index (κ1) is 21.0. The van der Waals surface area contributed by atoms with Crippen LogP contribution in [0.5, 0.6) is 0 Å². The summed E-state index contributed by atoms with van der Waals surface area (Å²) >= 11 is 18.7. The summed E-state index contributed by atoms with van der Waals surface area (Å²) in [5, 5.41) is 1.85. The van der Waals surface area contributed by atoms with E-state index in [4.69, 9.17) is 34.8 Å². The molecule has 4 rings (SSSR count). The van der Waals surface area contributed by atoms with Gasteiger partial charge in [0, 0.05) is 41.6 Å². The van der Waals surface area contributed by atoms with Crippen LogP contribution < -0.4 is 4.90 Å². The van der Waals surface area contributed by atoms with E-state index in [1.54, 1.807) is 18.3 Å². The standard InChI is InChI=1S/C23H20Cl3N3O/c1-15-19(3-2-10-27-15)23(30)28-11-12-29(21-9-8-18(25)13-20(21)26)22(14-28)16-4-6-17(24)7-5-16/h2-10,13,22H,11-12,14H2,1H3. The zero-order valence-corrected chi connectivity index (χ0v) is 18.6. The minimum absolute atomic E-state index is 0.0126. The second-order valence-electron chi connectivity index (χ2n) is 7.24. The Hall–Kier alpha value is -2.27. The number of piperazine rings is 1. The van der Waals surface area contributed by atoms with E-state index in [0.717, 1.165) is 16.9 Å². The normalized spacial score (nSPS) is 16.6. The monoisotopic (exact) mass is 459 g/mol. The first-order valence-corrected chi connectivity index (χ1v) is 10.8. The van der Waals surface area contributed by atoms with Gasteiger partial charge in [-0.3, -0.25) is 9.78 Å². The molecule has 0 spiro atoms. The molecule has 1 aliphatic rings. The molecule has 2 aromatic carbocycles. The van der Waals surface area contributed by atoms with Crippen molar-refractivity contribution < 1.29 is 4.79 Å². The number of nitrogens with zero attached hydrogens (tertiary/aromatic N) is 3. The fourth-order valence-corrected chi connectivity index (χ4v) is 4.46. The minimum Gasteiger partial charge on any atom is -0.360 e. The Labute approximate surface area is 191 Å². The van der Waals surface area contributed by atoms with Crippen LogP contribution in [-0.2, 0) is 0 Å². The van der Waals surface area contributed by atoms with Crippen LogP contribution in [0.4, 0.5) is 5.69 Å². The van der Waals surface area contributed by atoms with Gasteiger partial charge in [0.15, 0.2) is 0 Å². The third kappa shape index (κ3) is 4.27. The fraction of sp³-hybridized carbons (Fsp3) is 0.217. The van der Waals surface area contributed by atoms with Crippen molar-refractivity contribution in [2.24, 2.45) is 0 Å². The Bertz CT molecular complexity index is 1070. The van der Waals surface area contributed by atoms with Gasteiger partial charge in [-0.2, -0.15) is 0 Å². The first-order chi connectivity index (χ1) is 14.4. The van der Waals surface area contributed by atoms with Crippen molar-refractivity contribution in [1.82, 2.24) is 9.88 Å². The molecule has 0 saturated carbocycles. The van der Waals surface area contributed by atoms with E-state index in [2.05, 4.69) is 9.88 Å². The van der Waals surface area contributed by atoms with Gasteiger partial charge in [0.1, 0.15) is 0 Å². The van der Waals surface area contributed by atoms with Crippen LogP contribution in [0.2, 0.25) is 15.1 Å². The van der Waals surface area contributed by atoms with E-state index >= 15 is 0 Å². The highest BCUT2D eigenvalue weighted by atomic mass is 35.5. The van der Waals surface area contributed by atoms with E-state index in [1.807, 2.05) is 54.3 Å². The highest BCUT2D eigenvalue weighted by Gasteiger charge is 2.32. The van der Waals surface area contributed by atoms with E-state index in [-0.39, 0.29) is 11.9 Å². The second kappa shape index (κ2) is 8.84. The molecule has 1 fully saturated rings. The molecule has 7 heteroatoms. The number of rotatable bonds is 3. The third-order valence-corrected chi connectivity index (χ3v) is 6.17. The average Bonchev–Trinajstić information content (AvgIpc) is 2.74. The number of halogens is 3. The van der Waals surface area contributed by atoms with Gasteiger partial charge >= 0.3 is 0 Å². The molecular formula is C23H20Cl3N3O. The lowest BCUT2D eigenvalue weighted by atomic mass is 10.0. The smallest absolute Gasteiger partial charge is 0.255 e. The van der Waals surface area contributed by atoms with Gasteiger partial charge in [0.2, 0.25) is 0 Å². The predicted molar refractivity (Wildman–Crippen MR) is 123 cm³/mol. The number of pyridine rings is 1. The highest BCUT2D eigenvalue weighted by molar-refractivity contribution is 6.36. The van der Waals surface area contributed by atoms with Gasteiger partial charge in [0.25, 0.3) is 5.91 Å². The van der Waals surface area contributed by atoms with Crippen LogP contribution in [-0.4, -0.2) is 35.4 Å². The predicted octanol–water partition coefficient (Wildman–Crippen LogP) is 6.05. The van der Waals surface area contributed by atoms with E-state index in [0.29, 0.717) is 40.3 Å². The second-order valence-corrected chi connectivity index (χ2v) is 8.52. The van der Waals surface area contributed by atoms with E-state index in [1.165, 1.54) is 0 Å². The summed E-state index contributed by atoms with van der Waals surface area (Å²) in [4.78, 5) is 21.6. The summed E-state index contributed by atoms with van der Waals surface area (Å²) in [6, 6.07) is 16.8. The summed E-state index contributed by atoms with van der Waals surface area (Å²) in [6.07, 6.45) is 1.70. The Morgan fingerprint density at radius 3 is 2.43 bits per heavy atom. The zero-order valence-electron chi connectivity index (χ0n) is 16.4. The molecule has 4 nitrogen and oxygen atoms in total. The van der Waals surface area contributed by atoms with Crippen molar-refractivity contribution in [2.75, 3.05) is 24.5 Å². The molecule has 0 radical (unpaired) electrons. The van der Waals surface area contributed by atoms with Gasteiger partial charge in [-0.25, -0.2) is 0 Å². The lowest BCUT2D eigenvalue weighted by molar-refractivity contribution is 0.0720. The minimum atomic E-state index is -0.0735. The van der Waals surface area contributed by atoms with Gasteiger partial charge in [-0.15, -0.1) is 0 Å². The third-order valence-electron chi connectivity index (χ3n) is 5.38. The van der Waals surface area contributed by atoms with Crippen LogP contribution in [0.25, 0.3) is 0 Å².